The molecule has 0 radical (unpaired) electrons. The van der Waals surface area contributed by atoms with Crippen LogP contribution in [0, 0.1) is 5.82 Å². The molecule has 0 aliphatic carbocycles. The maximum absolute atomic E-state index is 16.2. The topological polar surface area (TPSA) is 77.0 Å². The normalized spacial score (nSPS) is 26.8. The van der Waals surface area contributed by atoms with E-state index < -0.39 is 40.8 Å². The number of rotatable bonds is 6. The average Bonchev–Trinajstić information content (AvgIpc) is 3.07. The fraction of sp³-hybridized carbons (Fsp3) is 0.593. The number of hydrogen-bond acceptors (Lipinski definition) is 7. The molecule has 0 unspecified atom stereocenters. The van der Waals surface area contributed by atoms with E-state index in [1.165, 1.54) is 31.6 Å². The summed E-state index contributed by atoms with van der Waals surface area (Å²) in [5.74, 6) is 0.125. The van der Waals surface area contributed by atoms with Gasteiger partial charge in [-0.3, -0.25) is 9.88 Å². The van der Waals surface area contributed by atoms with Crippen molar-refractivity contribution < 1.29 is 27.8 Å². The van der Waals surface area contributed by atoms with Gasteiger partial charge in [0.1, 0.15) is 29.2 Å². The zero-order valence-electron chi connectivity index (χ0n) is 22.8. The molecule has 38 heavy (non-hydrogen) atoms. The maximum atomic E-state index is 16.2. The second-order valence-electron chi connectivity index (χ2n) is 11.5. The standard InChI is InChI=1S/C27H35ClF2N4O4/c1-25(2,3)38-24(35)34-26(4)8-9-27(34,5)23(30)20(12-26)33(6)22-14-31-19(13-32-22)16-10-18(29)17(28)11-21(16)37-15-36-7/h10-11,13-14,20,23H,8-9,12,15H2,1-7H3/t20-,23-,26-,27+/m1/s1. The Balaban J connectivity index is 1.59. The number of carbonyl (C=O) groups excluding carboxylic acids is 1. The van der Waals surface area contributed by atoms with Crippen LogP contribution >= 0.6 is 11.6 Å². The molecular weight excluding hydrogens is 518 g/mol. The van der Waals surface area contributed by atoms with Gasteiger partial charge in [-0.15, -0.1) is 0 Å². The second kappa shape index (κ2) is 10.1. The highest BCUT2D eigenvalue weighted by atomic mass is 35.5. The molecule has 0 N–H and O–H groups in total. The quantitative estimate of drug-likeness (QED) is 0.406. The molecule has 208 valence electrons. The Hall–Kier alpha value is -2.72. The van der Waals surface area contributed by atoms with E-state index in [1.54, 1.807) is 44.5 Å². The number of nitrogens with zero attached hydrogens (tertiary/aromatic N) is 4. The Bertz CT molecular complexity index is 1190. The monoisotopic (exact) mass is 552 g/mol. The number of carbonyl (C=O) groups is 1. The Kier molecular flexibility index (Phi) is 7.53. The first kappa shape index (κ1) is 28.3. The Labute approximate surface area is 227 Å². The third-order valence-electron chi connectivity index (χ3n) is 7.51. The van der Waals surface area contributed by atoms with Crippen LogP contribution < -0.4 is 9.64 Å². The van der Waals surface area contributed by atoms with Crippen LogP contribution in [0.4, 0.5) is 19.4 Å². The van der Waals surface area contributed by atoms with Crippen molar-refractivity contribution in [3.05, 3.63) is 35.4 Å². The summed E-state index contributed by atoms with van der Waals surface area (Å²) in [6.07, 6.45) is 2.76. The van der Waals surface area contributed by atoms with Gasteiger partial charge in [0.15, 0.2) is 6.79 Å². The predicted octanol–water partition coefficient (Wildman–Crippen LogP) is 6.01. The number of anilines is 1. The van der Waals surface area contributed by atoms with Gasteiger partial charge in [-0.1, -0.05) is 11.6 Å². The highest BCUT2D eigenvalue weighted by molar-refractivity contribution is 6.31. The smallest absolute Gasteiger partial charge is 0.411 e. The van der Waals surface area contributed by atoms with Crippen molar-refractivity contribution in [1.29, 1.82) is 0 Å². The maximum Gasteiger partial charge on any atom is 0.411 e. The first-order chi connectivity index (χ1) is 17.7. The summed E-state index contributed by atoms with van der Waals surface area (Å²) in [4.78, 5) is 25.5. The van der Waals surface area contributed by atoms with E-state index in [4.69, 9.17) is 25.8 Å². The SMILES string of the molecule is COCOc1cc(Cl)c(F)cc1-c1cnc(N(C)[C@@H]2C[C@@]3(C)CC[C@@](C)([C@@H]2F)N3C(=O)OC(C)(C)C)cn1. The molecule has 11 heteroatoms. The minimum Gasteiger partial charge on any atom is -0.467 e. The molecular formula is C27H35ClF2N4O4. The number of piperidine rings is 1. The zero-order chi connectivity index (χ0) is 28.0. The molecule has 2 bridgehead atoms. The van der Waals surface area contributed by atoms with Crippen LogP contribution in [0.1, 0.15) is 53.9 Å². The summed E-state index contributed by atoms with van der Waals surface area (Å²) in [6.45, 7) is 9.13. The number of benzene rings is 1. The van der Waals surface area contributed by atoms with Crippen LogP contribution in [-0.2, 0) is 9.47 Å². The average molecular weight is 553 g/mol. The van der Waals surface area contributed by atoms with Crippen molar-refractivity contribution in [2.75, 3.05) is 25.9 Å². The largest absolute Gasteiger partial charge is 0.467 e. The fourth-order valence-electron chi connectivity index (χ4n) is 5.64. The van der Waals surface area contributed by atoms with Crippen molar-refractivity contribution in [3.8, 4) is 17.0 Å². The van der Waals surface area contributed by atoms with Crippen LogP contribution in [0.3, 0.4) is 0 Å². The van der Waals surface area contributed by atoms with Crippen LogP contribution in [0.25, 0.3) is 11.3 Å². The molecule has 4 atom stereocenters. The molecule has 0 spiro atoms. The Morgan fingerprint density at radius 3 is 2.55 bits per heavy atom. The molecule has 1 aromatic carbocycles. The van der Waals surface area contributed by atoms with E-state index in [0.717, 1.165) is 0 Å². The minimum atomic E-state index is -1.35. The predicted molar refractivity (Wildman–Crippen MR) is 141 cm³/mol. The van der Waals surface area contributed by atoms with Crippen molar-refractivity contribution in [3.63, 3.8) is 0 Å². The van der Waals surface area contributed by atoms with Crippen molar-refractivity contribution in [2.45, 2.75) is 82.8 Å². The first-order valence-electron chi connectivity index (χ1n) is 12.5. The Morgan fingerprint density at radius 2 is 1.95 bits per heavy atom. The van der Waals surface area contributed by atoms with Gasteiger partial charge >= 0.3 is 6.09 Å². The number of amides is 1. The van der Waals surface area contributed by atoms with Crippen molar-refractivity contribution >= 4 is 23.5 Å². The van der Waals surface area contributed by atoms with Crippen molar-refractivity contribution in [2.24, 2.45) is 0 Å². The lowest BCUT2D eigenvalue weighted by molar-refractivity contribution is -0.0661. The molecule has 0 saturated carbocycles. The molecule has 3 heterocycles. The molecule has 4 rings (SSSR count). The summed E-state index contributed by atoms with van der Waals surface area (Å²) in [5, 5.41) is -0.0903. The van der Waals surface area contributed by atoms with Gasteiger partial charge in [0.05, 0.1) is 34.7 Å². The number of methoxy groups -OCH3 is 1. The molecule has 1 amide bonds. The highest BCUT2D eigenvalue weighted by Gasteiger charge is 2.64. The van der Waals surface area contributed by atoms with Gasteiger partial charge in [0.2, 0.25) is 0 Å². The summed E-state index contributed by atoms with van der Waals surface area (Å²) in [7, 11) is 3.24. The van der Waals surface area contributed by atoms with Crippen LogP contribution in [0.5, 0.6) is 5.75 Å². The molecule has 2 aliphatic rings. The van der Waals surface area contributed by atoms with Gasteiger partial charge in [0, 0.05) is 31.3 Å². The zero-order valence-corrected chi connectivity index (χ0v) is 23.6. The lowest BCUT2D eigenvalue weighted by Crippen LogP contribution is -2.69. The molecule has 2 aromatic rings. The van der Waals surface area contributed by atoms with E-state index >= 15 is 4.39 Å². The Morgan fingerprint density at radius 1 is 1.24 bits per heavy atom. The summed E-state index contributed by atoms with van der Waals surface area (Å²) < 4.78 is 46.6. The van der Waals surface area contributed by atoms with E-state index in [2.05, 4.69) is 9.97 Å². The third kappa shape index (κ3) is 5.12. The molecule has 2 fully saturated rings. The minimum absolute atomic E-state index is 0.0549. The number of fused-ring (bicyclic) bond motifs is 2. The molecule has 1 aromatic heterocycles. The van der Waals surface area contributed by atoms with Crippen LogP contribution in [0.2, 0.25) is 5.02 Å². The van der Waals surface area contributed by atoms with Gasteiger partial charge in [0.25, 0.3) is 0 Å². The molecule has 2 aliphatic heterocycles. The highest BCUT2D eigenvalue weighted by Crippen LogP contribution is 2.53. The molecule has 2 saturated heterocycles. The van der Waals surface area contributed by atoms with E-state index in [0.29, 0.717) is 42.1 Å². The van der Waals surface area contributed by atoms with Crippen LogP contribution in [-0.4, -0.2) is 70.8 Å². The number of aromatic nitrogens is 2. The lowest BCUT2D eigenvalue weighted by Gasteiger charge is -2.54. The van der Waals surface area contributed by atoms with Crippen LogP contribution in [0.15, 0.2) is 24.5 Å². The number of alkyl halides is 1. The van der Waals surface area contributed by atoms with E-state index in [1.807, 2.05) is 6.92 Å². The fourth-order valence-corrected chi connectivity index (χ4v) is 5.79. The lowest BCUT2D eigenvalue weighted by atomic mass is 9.80. The van der Waals surface area contributed by atoms with Gasteiger partial charge in [-0.05, 0) is 59.9 Å². The summed E-state index contributed by atoms with van der Waals surface area (Å²) in [5.41, 5.74) is -1.55. The number of halogens is 3. The first-order valence-corrected chi connectivity index (χ1v) is 12.9. The van der Waals surface area contributed by atoms with E-state index in [9.17, 15) is 9.18 Å². The molecule has 8 nitrogen and oxygen atoms in total. The van der Waals surface area contributed by atoms with Gasteiger partial charge < -0.3 is 19.1 Å². The second-order valence-corrected chi connectivity index (χ2v) is 11.9. The van der Waals surface area contributed by atoms with Gasteiger partial charge in [-0.2, -0.15) is 0 Å². The third-order valence-corrected chi connectivity index (χ3v) is 7.79. The number of hydrogen-bond donors (Lipinski definition) is 0. The van der Waals surface area contributed by atoms with Gasteiger partial charge in [-0.25, -0.2) is 18.6 Å². The van der Waals surface area contributed by atoms with E-state index in [-0.39, 0.29) is 11.8 Å². The summed E-state index contributed by atoms with van der Waals surface area (Å²) >= 11 is 5.92. The summed E-state index contributed by atoms with van der Waals surface area (Å²) in [6, 6.07) is 2.04. The van der Waals surface area contributed by atoms with Crippen molar-refractivity contribution in [1.82, 2.24) is 14.9 Å². The number of ether oxygens (including phenoxy) is 3.